The van der Waals surface area contributed by atoms with E-state index in [1.54, 1.807) is 13.8 Å². The normalized spacial score (nSPS) is 22.4. The van der Waals surface area contributed by atoms with Gasteiger partial charge in [0, 0.05) is 19.0 Å². The molecule has 0 aromatic heterocycles. The fraction of sp³-hybridized carbons (Fsp3) is 0.562. The van der Waals surface area contributed by atoms with Crippen LogP contribution < -0.4 is 16.2 Å². The molecule has 1 heterocycles. The Hall–Kier alpha value is -1.43. The number of carboxylic acids is 1. The average molecular weight is 291 g/mol. The van der Waals surface area contributed by atoms with Crippen LogP contribution in [0.15, 0.2) is 30.3 Å². The molecule has 2 unspecified atom stereocenters. The molecular formula is C16H25N3O2. The Bertz CT molecular complexity index is 462. The van der Waals surface area contributed by atoms with Crippen LogP contribution in [-0.2, 0) is 4.79 Å². The van der Waals surface area contributed by atoms with E-state index in [0.29, 0.717) is 18.4 Å². The molecule has 0 spiro atoms. The first-order chi connectivity index (χ1) is 10.0. The van der Waals surface area contributed by atoms with Gasteiger partial charge in [-0.05, 0) is 32.4 Å². The number of nitrogens with one attached hydrogen (secondary N) is 3. The highest BCUT2D eigenvalue weighted by atomic mass is 16.4. The third-order valence-electron chi connectivity index (χ3n) is 4.16. The van der Waals surface area contributed by atoms with Crippen LogP contribution in [-0.4, -0.2) is 30.7 Å². The van der Waals surface area contributed by atoms with Gasteiger partial charge in [0.1, 0.15) is 0 Å². The average Bonchev–Trinajstić information content (AvgIpc) is 2.93. The lowest BCUT2D eigenvalue weighted by atomic mass is 9.89. The molecule has 1 saturated heterocycles. The van der Waals surface area contributed by atoms with Crippen LogP contribution >= 0.6 is 0 Å². The molecule has 5 nitrogen and oxygen atoms in total. The number of hydrogen-bond donors (Lipinski definition) is 4. The lowest BCUT2D eigenvalue weighted by Gasteiger charge is -2.22. The van der Waals surface area contributed by atoms with Crippen molar-refractivity contribution in [1.29, 1.82) is 0 Å². The highest BCUT2D eigenvalue weighted by Crippen LogP contribution is 2.24. The minimum Gasteiger partial charge on any atom is -0.481 e. The van der Waals surface area contributed by atoms with E-state index < -0.39 is 11.4 Å². The molecule has 116 valence electrons. The summed E-state index contributed by atoms with van der Waals surface area (Å²) >= 11 is 0. The van der Waals surface area contributed by atoms with Crippen molar-refractivity contribution in [3.8, 4) is 0 Å². The van der Waals surface area contributed by atoms with Gasteiger partial charge in [-0.2, -0.15) is 0 Å². The van der Waals surface area contributed by atoms with Crippen LogP contribution in [0.1, 0.15) is 31.9 Å². The molecule has 0 bridgehead atoms. The third-order valence-corrected chi connectivity index (χ3v) is 4.16. The van der Waals surface area contributed by atoms with Crippen molar-refractivity contribution in [1.82, 2.24) is 16.2 Å². The zero-order chi connectivity index (χ0) is 15.3. The molecule has 1 aliphatic heterocycles. The largest absolute Gasteiger partial charge is 0.481 e. The molecule has 1 aliphatic rings. The van der Waals surface area contributed by atoms with E-state index in [4.69, 9.17) is 5.11 Å². The highest BCUT2D eigenvalue weighted by Gasteiger charge is 2.29. The van der Waals surface area contributed by atoms with Gasteiger partial charge >= 0.3 is 5.97 Å². The molecule has 5 heteroatoms. The van der Waals surface area contributed by atoms with E-state index in [1.165, 1.54) is 5.56 Å². The Labute approximate surface area is 126 Å². The molecule has 0 radical (unpaired) electrons. The predicted octanol–water partition coefficient (Wildman–Crippen LogP) is 1.54. The molecule has 1 aromatic carbocycles. The van der Waals surface area contributed by atoms with Gasteiger partial charge in [-0.15, -0.1) is 0 Å². The van der Waals surface area contributed by atoms with Crippen molar-refractivity contribution in [3.63, 3.8) is 0 Å². The summed E-state index contributed by atoms with van der Waals surface area (Å²) in [4.78, 5) is 11.1. The lowest BCUT2D eigenvalue weighted by Crippen LogP contribution is -2.33. The first kappa shape index (κ1) is 15.9. The zero-order valence-electron chi connectivity index (χ0n) is 12.7. The molecule has 1 fully saturated rings. The second-order valence-electron chi connectivity index (χ2n) is 6.32. The van der Waals surface area contributed by atoms with Crippen LogP contribution in [0.4, 0.5) is 0 Å². The number of rotatable bonds is 7. The van der Waals surface area contributed by atoms with E-state index in [1.807, 2.05) is 6.07 Å². The standard InChI is InChI=1S/C16H25N3O2/c1-16(2,15(20)21)8-9-17-10-13-11-18-19-14(13)12-6-4-3-5-7-12/h3-7,13-14,17-19H,8-11H2,1-2H3,(H,20,21). The van der Waals surface area contributed by atoms with Crippen LogP contribution in [0.2, 0.25) is 0 Å². The second kappa shape index (κ2) is 7.02. The van der Waals surface area contributed by atoms with E-state index in [9.17, 15) is 4.79 Å². The quantitative estimate of drug-likeness (QED) is 0.574. The maximum absolute atomic E-state index is 11.1. The van der Waals surface area contributed by atoms with Gasteiger partial charge in [0.15, 0.2) is 0 Å². The van der Waals surface area contributed by atoms with Gasteiger partial charge < -0.3 is 10.4 Å². The summed E-state index contributed by atoms with van der Waals surface area (Å²) in [7, 11) is 0. The number of carbonyl (C=O) groups is 1. The van der Waals surface area contributed by atoms with Crippen LogP contribution in [0.5, 0.6) is 0 Å². The van der Waals surface area contributed by atoms with E-state index in [2.05, 4.69) is 40.4 Å². The topological polar surface area (TPSA) is 73.4 Å². The van der Waals surface area contributed by atoms with Crippen LogP contribution in [0.3, 0.4) is 0 Å². The Morgan fingerprint density at radius 3 is 2.76 bits per heavy atom. The first-order valence-corrected chi connectivity index (χ1v) is 7.48. The van der Waals surface area contributed by atoms with Gasteiger partial charge in [0.2, 0.25) is 0 Å². The Morgan fingerprint density at radius 1 is 1.38 bits per heavy atom. The van der Waals surface area contributed by atoms with E-state index >= 15 is 0 Å². The van der Waals surface area contributed by atoms with Gasteiger partial charge in [-0.25, -0.2) is 5.43 Å². The second-order valence-corrected chi connectivity index (χ2v) is 6.32. The van der Waals surface area contributed by atoms with Crippen molar-refractivity contribution >= 4 is 5.97 Å². The van der Waals surface area contributed by atoms with Crippen molar-refractivity contribution in [3.05, 3.63) is 35.9 Å². The Morgan fingerprint density at radius 2 is 2.10 bits per heavy atom. The molecule has 2 rings (SSSR count). The monoisotopic (exact) mass is 291 g/mol. The summed E-state index contributed by atoms with van der Waals surface area (Å²) in [5.41, 5.74) is 7.14. The fourth-order valence-corrected chi connectivity index (χ4v) is 2.54. The third kappa shape index (κ3) is 4.27. The van der Waals surface area contributed by atoms with Crippen LogP contribution in [0.25, 0.3) is 0 Å². The molecule has 2 atom stereocenters. The summed E-state index contributed by atoms with van der Waals surface area (Å²) in [6.07, 6.45) is 0.631. The van der Waals surface area contributed by atoms with E-state index in [0.717, 1.165) is 19.6 Å². The number of hydrazine groups is 1. The molecule has 0 amide bonds. The predicted molar refractivity (Wildman–Crippen MR) is 82.7 cm³/mol. The Balaban J connectivity index is 1.79. The van der Waals surface area contributed by atoms with Crippen molar-refractivity contribution < 1.29 is 9.90 Å². The number of carboxylic acid groups (broad SMARTS) is 1. The molecule has 4 N–H and O–H groups in total. The lowest BCUT2D eigenvalue weighted by molar-refractivity contribution is -0.147. The Kier molecular flexibility index (Phi) is 5.33. The van der Waals surface area contributed by atoms with Gasteiger partial charge in [0.25, 0.3) is 0 Å². The summed E-state index contributed by atoms with van der Waals surface area (Å²) in [5, 5.41) is 12.5. The maximum Gasteiger partial charge on any atom is 0.309 e. The summed E-state index contributed by atoms with van der Waals surface area (Å²) in [5.74, 6) is -0.281. The van der Waals surface area contributed by atoms with Gasteiger partial charge in [-0.3, -0.25) is 10.2 Å². The summed E-state index contributed by atoms with van der Waals surface area (Å²) in [6, 6.07) is 10.7. The minimum absolute atomic E-state index is 0.297. The number of benzene rings is 1. The molecule has 0 saturated carbocycles. The first-order valence-electron chi connectivity index (χ1n) is 7.48. The molecular weight excluding hydrogens is 266 g/mol. The molecule has 0 aliphatic carbocycles. The van der Waals surface area contributed by atoms with Gasteiger partial charge in [-0.1, -0.05) is 30.3 Å². The fourth-order valence-electron chi connectivity index (χ4n) is 2.54. The summed E-state index contributed by atoms with van der Waals surface area (Å²) < 4.78 is 0. The highest BCUT2D eigenvalue weighted by molar-refractivity contribution is 5.73. The minimum atomic E-state index is -0.740. The zero-order valence-corrected chi connectivity index (χ0v) is 12.7. The van der Waals surface area contributed by atoms with E-state index in [-0.39, 0.29) is 0 Å². The molecule has 1 aromatic rings. The summed E-state index contributed by atoms with van der Waals surface area (Å²) in [6.45, 7) is 6.03. The number of hydrogen-bond acceptors (Lipinski definition) is 4. The maximum atomic E-state index is 11.1. The number of aliphatic carboxylic acids is 1. The smallest absolute Gasteiger partial charge is 0.309 e. The molecule has 21 heavy (non-hydrogen) atoms. The SMILES string of the molecule is CC(C)(CCNCC1CNNC1c1ccccc1)C(=O)O. The van der Waals surface area contributed by atoms with Crippen molar-refractivity contribution in [2.75, 3.05) is 19.6 Å². The van der Waals surface area contributed by atoms with Crippen LogP contribution in [0, 0.1) is 11.3 Å². The van der Waals surface area contributed by atoms with Crippen molar-refractivity contribution in [2.24, 2.45) is 11.3 Å². The van der Waals surface area contributed by atoms with Crippen molar-refractivity contribution in [2.45, 2.75) is 26.3 Å². The van der Waals surface area contributed by atoms with Gasteiger partial charge in [0.05, 0.1) is 11.5 Å².